The fraction of sp³-hybridized carbons (Fsp3) is 0. The molecule has 0 aliphatic heterocycles. The molecule has 0 aromatic heterocycles. The highest BCUT2D eigenvalue weighted by molar-refractivity contribution is 7.92. The van der Waals surface area contributed by atoms with E-state index in [9.17, 15) is 8.42 Å². The molecule has 1 radical (unpaired) electrons. The van der Waals surface area contributed by atoms with Crippen molar-refractivity contribution in [2.45, 2.75) is 4.90 Å². The Morgan fingerprint density at radius 1 is 0.882 bits per heavy atom. The van der Waals surface area contributed by atoms with Gasteiger partial charge < -0.3 is 0 Å². The summed E-state index contributed by atoms with van der Waals surface area (Å²) in [5.41, 5.74) is 1.02. The van der Waals surface area contributed by atoms with Crippen molar-refractivity contribution in [1.29, 1.82) is 0 Å². The van der Waals surface area contributed by atoms with Crippen LogP contribution in [0.25, 0.3) is 0 Å². The molecule has 0 heterocycles. The van der Waals surface area contributed by atoms with Crippen molar-refractivity contribution in [1.82, 2.24) is 0 Å². The van der Waals surface area contributed by atoms with Crippen molar-refractivity contribution in [2.75, 3.05) is 4.72 Å². The highest BCUT2D eigenvalue weighted by atomic mass is 32.2. The summed E-state index contributed by atoms with van der Waals surface area (Å²) in [6, 6.07) is 15.4. The lowest BCUT2D eigenvalue weighted by Gasteiger charge is -2.09. The molecule has 3 nitrogen and oxygen atoms in total. The predicted octanol–water partition coefficient (Wildman–Crippen LogP) is 2.67. The van der Waals surface area contributed by atoms with Crippen molar-refractivity contribution >= 4 is 15.7 Å². The Kier molecular flexibility index (Phi) is 3.15. The van der Waals surface area contributed by atoms with Crippen molar-refractivity contribution in [3.63, 3.8) is 0 Å². The molecule has 0 amide bonds. The van der Waals surface area contributed by atoms with Gasteiger partial charge in [0.2, 0.25) is 0 Å². The van der Waals surface area contributed by atoms with Gasteiger partial charge in [-0.3, -0.25) is 4.72 Å². The number of hydrogen-bond donors (Lipinski definition) is 1. The van der Waals surface area contributed by atoms with E-state index in [4.69, 9.17) is 0 Å². The van der Waals surface area contributed by atoms with Crippen LogP contribution in [0.3, 0.4) is 0 Å². The van der Waals surface area contributed by atoms with Gasteiger partial charge in [0, 0.05) is 5.69 Å². The zero-order valence-corrected chi connectivity index (χ0v) is 9.94. The van der Waals surface area contributed by atoms with Crippen LogP contribution in [0.2, 0.25) is 0 Å². The molecule has 0 aliphatic rings. The lowest BCUT2D eigenvalue weighted by atomic mass is 10.2. The van der Waals surface area contributed by atoms with Gasteiger partial charge in [0.15, 0.2) is 0 Å². The van der Waals surface area contributed by atoms with E-state index in [-0.39, 0.29) is 4.90 Å². The van der Waals surface area contributed by atoms with Gasteiger partial charge in [0.1, 0.15) is 0 Å². The molecule has 0 aliphatic carbocycles. The van der Waals surface area contributed by atoms with Crippen LogP contribution in [0, 0.1) is 6.92 Å². The zero-order chi connectivity index (χ0) is 12.3. The number of benzene rings is 2. The Hall–Kier alpha value is -1.81. The summed E-state index contributed by atoms with van der Waals surface area (Å²) in [7, 11) is -3.56. The lowest BCUT2D eigenvalue weighted by Crippen LogP contribution is -2.13. The molecule has 0 unspecified atom stereocenters. The molecule has 1 N–H and O–H groups in total. The van der Waals surface area contributed by atoms with E-state index in [0.29, 0.717) is 11.3 Å². The standard InChI is InChI=1S/C13H12NO2S/c1-11-7-5-6-10-13(11)17(15,16)14-12-8-3-2-4-9-12/h2-10,14H,1H2. The van der Waals surface area contributed by atoms with Crippen molar-refractivity contribution in [2.24, 2.45) is 0 Å². The van der Waals surface area contributed by atoms with Crippen LogP contribution in [0.4, 0.5) is 5.69 Å². The summed E-state index contributed by atoms with van der Waals surface area (Å²) in [4.78, 5) is 0.198. The number of rotatable bonds is 3. The molecule has 0 saturated heterocycles. The van der Waals surface area contributed by atoms with Crippen molar-refractivity contribution < 1.29 is 8.42 Å². The van der Waals surface area contributed by atoms with E-state index in [0.717, 1.165) is 0 Å². The average molecular weight is 246 g/mol. The van der Waals surface area contributed by atoms with E-state index in [2.05, 4.69) is 11.6 Å². The first kappa shape index (κ1) is 11.7. The second-order valence-electron chi connectivity index (χ2n) is 3.58. The van der Waals surface area contributed by atoms with Crippen LogP contribution in [-0.4, -0.2) is 8.42 Å². The van der Waals surface area contributed by atoms with Crippen LogP contribution in [-0.2, 0) is 10.0 Å². The van der Waals surface area contributed by atoms with E-state index in [1.807, 2.05) is 6.07 Å². The molecule has 2 aromatic carbocycles. The third kappa shape index (κ3) is 2.65. The largest absolute Gasteiger partial charge is 0.280 e. The summed E-state index contributed by atoms with van der Waals surface area (Å²) >= 11 is 0. The van der Waals surface area contributed by atoms with Crippen LogP contribution < -0.4 is 4.72 Å². The minimum absolute atomic E-state index is 0.198. The third-order valence-corrected chi connectivity index (χ3v) is 3.77. The van der Waals surface area contributed by atoms with Gasteiger partial charge >= 0.3 is 0 Å². The SMILES string of the molecule is [CH2]c1ccccc1S(=O)(=O)Nc1ccccc1. The van der Waals surface area contributed by atoms with Gasteiger partial charge in [0.05, 0.1) is 4.90 Å². The second-order valence-corrected chi connectivity index (χ2v) is 5.23. The summed E-state index contributed by atoms with van der Waals surface area (Å²) in [6.07, 6.45) is 0. The van der Waals surface area contributed by atoms with Gasteiger partial charge in [-0.25, -0.2) is 8.42 Å². The second kappa shape index (κ2) is 4.59. The quantitative estimate of drug-likeness (QED) is 0.905. The first-order valence-electron chi connectivity index (χ1n) is 5.08. The molecular weight excluding hydrogens is 234 g/mol. The highest BCUT2D eigenvalue weighted by Gasteiger charge is 2.15. The van der Waals surface area contributed by atoms with E-state index in [1.54, 1.807) is 42.5 Å². The molecule has 2 rings (SSSR count). The van der Waals surface area contributed by atoms with Crippen LogP contribution in [0.1, 0.15) is 5.56 Å². The average Bonchev–Trinajstić information content (AvgIpc) is 2.30. The lowest BCUT2D eigenvalue weighted by molar-refractivity contribution is 0.601. The van der Waals surface area contributed by atoms with Gasteiger partial charge in [0.25, 0.3) is 10.0 Å². The molecule has 0 bridgehead atoms. The number of para-hydroxylation sites is 1. The summed E-state index contributed by atoms with van der Waals surface area (Å²) in [5.74, 6) is 0. The molecule has 87 valence electrons. The summed E-state index contributed by atoms with van der Waals surface area (Å²) in [5, 5.41) is 0. The Bertz CT molecular complexity index is 606. The first-order chi connectivity index (χ1) is 8.09. The maximum absolute atomic E-state index is 12.1. The van der Waals surface area contributed by atoms with E-state index >= 15 is 0 Å². The zero-order valence-electron chi connectivity index (χ0n) is 9.13. The Labute approximate surface area is 101 Å². The highest BCUT2D eigenvalue weighted by Crippen LogP contribution is 2.18. The minimum Gasteiger partial charge on any atom is -0.280 e. The molecule has 2 aromatic rings. The first-order valence-corrected chi connectivity index (χ1v) is 6.57. The van der Waals surface area contributed by atoms with Crippen molar-refractivity contribution in [3.8, 4) is 0 Å². The minimum atomic E-state index is -3.56. The Balaban J connectivity index is 2.36. The number of hydrogen-bond acceptors (Lipinski definition) is 2. The van der Waals surface area contributed by atoms with Gasteiger partial charge in [-0.05, 0) is 30.7 Å². The van der Waals surface area contributed by atoms with Gasteiger partial charge in [-0.2, -0.15) is 0 Å². The molecule has 0 spiro atoms. The number of sulfonamides is 1. The third-order valence-electron chi connectivity index (χ3n) is 2.29. The Morgan fingerprint density at radius 3 is 2.12 bits per heavy atom. The molecule has 4 heteroatoms. The molecule has 0 fully saturated rings. The maximum Gasteiger partial charge on any atom is 0.262 e. The van der Waals surface area contributed by atoms with Crippen LogP contribution in [0.5, 0.6) is 0 Å². The van der Waals surface area contributed by atoms with Crippen molar-refractivity contribution in [3.05, 3.63) is 67.1 Å². The fourth-order valence-electron chi connectivity index (χ4n) is 1.48. The fourth-order valence-corrected chi connectivity index (χ4v) is 2.71. The van der Waals surface area contributed by atoms with Crippen LogP contribution in [0.15, 0.2) is 59.5 Å². The predicted molar refractivity (Wildman–Crippen MR) is 68.2 cm³/mol. The Morgan fingerprint density at radius 2 is 1.47 bits per heavy atom. The smallest absolute Gasteiger partial charge is 0.262 e. The summed E-state index contributed by atoms with van der Waals surface area (Å²) < 4.78 is 26.7. The number of nitrogens with one attached hydrogen (secondary N) is 1. The topological polar surface area (TPSA) is 46.2 Å². The molecular formula is C13H12NO2S. The van der Waals surface area contributed by atoms with Gasteiger partial charge in [-0.1, -0.05) is 36.4 Å². The summed E-state index contributed by atoms with van der Waals surface area (Å²) in [6.45, 7) is 3.71. The monoisotopic (exact) mass is 246 g/mol. The van der Waals surface area contributed by atoms with E-state index in [1.165, 1.54) is 6.07 Å². The molecule has 17 heavy (non-hydrogen) atoms. The number of anilines is 1. The maximum atomic E-state index is 12.1. The molecule has 0 saturated carbocycles. The molecule has 0 atom stereocenters. The normalized spacial score (nSPS) is 11.1. The van der Waals surface area contributed by atoms with Gasteiger partial charge in [-0.15, -0.1) is 0 Å². The van der Waals surface area contributed by atoms with Crippen LogP contribution >= 0.6 is 0 Å². The van der Waals surface area contributed by atoms with E-state index < -0.39 is 10.0 Å².